The van der Waals surface area contributed by atoms with Crippen molar-refractivity contribution in [2.24, 2.45) is 0 Å². The summed E-state index contributed by atoms with van der Waals surface area (Å²) in [7, 11) is -0.320. The van der Waals surface area contributed by atoms with Gasteiger partial charge < -0.3 is 13.7 Å². The van der Waals surface area contributed by atoms with Crippen LogP contribution >= 0.6 is 7.92 Å². The van der Waals surface area contributed by atoms with Crippen molar-refractivity contribution in [1.82, 2.24) is 0 Å². The van der Waals surface area contributed by atoms with Crippen molar-refractivity contribution in [2.45, 2.75) is 77.8 Å². The van der Waals surface area contributed by atoms with Crippen LogP contribution < -0.4 is 5.32 Å². The molecular formula is C26H43NO2PPdS-. The number of nitrogens with one attached hydrogen (secondary N) is 1. The fourth-order valence-electron chi connectivity index (χ4n) is 4.87. The molecule has 0 atom stereocenters. The molecule has 0 saturated heterocycles. The summed E-state index contributed by atoms with van der Waals surface area (Å²) in [6, 6.07) is 19.4. The number of hydrogen-bond donors (Lipinski definition) is 1. The van der Waals surface area contributed by atoms with Crippen LogP contribution in [0.15, 0.2) is 48.5 Å². The zero-order chi connectivity index (χ0) is 24.5. The van der Waals surface area contributed by atoms with Gasteiger partial charge in [-0.25, -0.2) is 0 Å². The van der Waals surface area contributed by atoms with Crippen LogP contribution in [-0.2, 0) is 39.5 Å². The van der Waals surface area contributed by atoms with Gasteiger partial charge in [0.05, 0.1) is 15.5 Å². The smallest absolute Gasteiger partial charge is 0.0703 e. The number of benzene rings is 2. The maximum atomic E-state index is 9.00. The molecule has 2 aromatic rings. The molecule has 186 valence electrons. The van der Waals surface area contributed by atoms with Crippen LogP contribution in [0.4, 0.5) is 5.69 Å². The van der Waals surface area contributed by atoms with Crippen LogP contribution in [0.3, 0.4) is 0 Å². The molecule has 0 aliphatic heterocycles. The Morgan fingerprint density at radius 1 is 0.781 bits per heavy atom. The Morgan fingerprint density at radius 3 is 1.50 bits per heavy atom. The van der Waals surface area contributed by atoms with E-state index < -0.39 is 18.6 Å². The summed E-state index contributed by atoms with van der Waals surface area (Å²) in [5.41, 5.74) is 3.45. The van der Waals surface area contributed by atoms with Gasteiger partial charge in [0.2, 0.25) is 0 Å². The summed E-state index contributed by atoms with van der Waals surface area (Å²) in [6.07, 6.45) is 1.08. The Bertz CT molecular complexity index is 807. The molecule has 2 aromatic carbocycles. The maximum Gasteiger partial charge on any atom is 0.0703 e. The zero-order valence-electron chi connectivity index (χ0n) is 21.7. The van der Waals surface area contributed by atoms with E-state index in [1.807, 2.05) is 37.4 Å². The Morgan fingerprint density at radius 2 is 1.19 bits per heavy atom. The molecule has 0 radical (unpaired) electrons. The summed E-state index contributed by atoms with van der Waals surface area (Å²) < 4.78 is 18.0. The second kappa shape index (κ2) is 14.5. The monoisotopic (exact) mass is 570 g/mol. The topological polar surface area (TPSA) is 46.2 Å². The molecule has 0 spiro atoms. The van der Waals surface area contributed by atoms with Crippen LogP contribution in [-0.4, -0.2) is 28.8 Å². The van der Waals surface area contributed by atoms with E-state index in [-0.39, 0.29) is 20.4 Å². The summed E-state index contributed by atoms with van der Waals surface area (Å²) in [5, 5.41) is 4.64. The third kappa shape index (κ3) is 13.1. The van der Waals surface area contributed by atoms with Gasteiger partial charge in [-0.15, -0.1) is 35.9 Å². The third-order valence-corrected chi connectivity index (χ3v) is 8.95. The van der Waals surface area contributed by atoms with Crippen molar-refractivity contribution in [1.29, 1.82) is 0 Å². The Balaban J connectivity index is 0. The van der Waals surface area contributed by atoms with Gasteiger partial charge in [-0.05, 0) is 74.1 Å². The van der Waals surface area contributed by atoms with E-state index in [0.717, 1.165) is 17.5 Å². The molecule has 1 N–H and O–H groups in total. The minimum Gasteiger partial charge on any atom is -0.424 e. The molecule has 0 amide bonds. The molecule has 0 aliphatic carbocycles. The minimum absolute atomic E-state index is 0. The summed E-state index contributed by atoms with van der Waals surface area (Å²) in [5.74, 6) is 0. The summed E-state index contributed by atoms with van der Waals surface area (Å²) in [6.45, 7) is 21.6. The van der Waals surface area contributed by atoms with E-state index >= 15 is 0 Å². The van der Waals surface area contributed by atoms with Gasteiger partial charge in [0, 0.05) is 35.4 Å². The molecule has 0 bridgehead atoms. The minimum atomic E-state index is -1.86. The van der Waals surface area contributed by atoms with E-state index in [2.05, 4.69) is 91.9 Å². The Kier molecular flexibility index (Phi) is 15.2. The Labute approximate surface area is 214 Å². The number of para-hydroxylation sites is 1. The zero-order valence-corrected chi connectivity index (χ0v) is 25.0. The maximum absolute atomic E-state index is 9.00. The first kappa shape index (κ1) is 33.5. The van der Waals surface area contributed by atoms with Crippen molar-refractivity contribution >= 4 is 24.3 Å². The van der Waals surface area contributed by atoms with Crippen molar-refractivity contribution in [2.75, 3.05) is 18.6 Å². The van der Waals surface area contributed by atoms with Crippen molar-refractivity contribution in [3.05, 3.63) is 54.6 Å². The normalized spacial score (nSPS) is 11.5. The second-order valence-corrected chi connectivity index (χ2v) is 16.7. The van der Waals surface area contributed by atoms with Gasteiger partial charge in [0.1, 0.15) is 0 Å². The number of rotatable bonds is 2. The first-order valence-electron chi connectivity index (χ1n) is 10.6. The third-order valence-electron chi connectivity index (χ3n) is 4.45. The molecule has 0 saturated carbocycles. The van der Waals surface area contributed by atoms with Gasteiger partial charge in [-0.2, -0.15) is 0 Å². The number of hydrogen-bond acceptors (Lipinski definition) is 4. The SMILES string of the molecule is CC(C)(C)[PH+](C(C)(C)C)C(C)(C)C.CNc1ccccc1-c1[c-]cccc1.C[S-](=O)=O.[Pd]. The molecule has 6 heteroatoms. The standard InChI is InChI=1S/C13H12N.C12H27P.CH3O2S.Pd/c1-14-13-10-6-5-9-12(13)11-7-3-2-4-8-11;1-10(2,3)13(11(4,5)6)12(7,8)9;1-4(2)3;/h2-7,9-10,14H,1H3;1-9H3;1H3;/q-1;;-1;/p+1. The van der Waals surface area contributed by atoms with Crippen LogP contribution in [0, 0.1) is 6.07 Å². The van der Waals surface area contributed by atoms with E-state index in [1.54, 1.807) is 0 Å². The summed E-state index contributed by atoms with van der Waals surface area (Å²) in [4.78, 5) is 0. The molecule has 0 heterocycles. The van der Waals surface area contributed by atoms with E-state index in [0.29, 0.717) is 15.5 Å². The van der Waals surface area contributed by atoms with Gasteiger partial charge in [-0.1, -0.05) is 40.7 Å². The van der Waals surface area contributed by atoms with Gasteiger partial charge in [0.15, 0.2) is 0 Å². The van der Waals surface area contributed by atoms with Crippen LogP contribution in [0.1, 0.15) is 62.3 Å². The molecular weight excluding hydrogens is 528 g/mol. The molecule has 32 heavy (non-hydrogen) atoms. The predicted octanol–water partition coefficient (Wildman–Crippen LogP) is 7.71. The average molecular weight is 571 g/mol. The van der Waals surface area contributed by atoms with Crippen LogP contribution in [0.25, 0.3) is 11.1 Å². The predicted molar refractivity (Wildman–Crippen MR) is 142 cm³/mol. The summed E-state index contributed by atoms with van der Waals surface area (Å²) >= 11 is 0. The molecule has 0 fully saturated rings. The first-order chi connectivity index (χ1) is 14.0. The van der Waals surface area contributed by atoms with E-state index in [1.165, 1.54) is 5.56 Å². The van der Waals surface area contributed by atoms with Crippen LogP contribution in [0.2, 0.25) is 0 Å². The molecule has 0 aromatic heterocycles. The van der Waals surface area contributed by atoms with Gasteiger partial charge in [-0.3, -0.25) is 0 Å². The van der Waals surface area contributed by atoms with Crippen molar-refractivity contribution < 1.29 is 28.8 Å². The molecule has 3 nitrogen and oxygen atoms in total. The van der Waals surface area contributed by atoms with Gasteiger partial charge >= 0.3 is 0 Å². The largest absolute Gasteiger partial charge is 0.424 e. The fourth-order valence-corrected chi connectivity index (χ4v) is 11.6. The van der Waals surface area contributed by atoms with Crippen molar-refractivity contribution in [3.8, 4) is 11.1 Å². The average Bonchev–Trinajstić information content (AvgIpc) is 2.58. The van der Waals surface area contributed by atoms with E-state index in [9.17, 15) is 0 Å². The first-order valence-corrected chi connectivity index (χ1v) is 13.6. The number of anilines is 1. The van der Waals surface area contributed by atoms with E-state index in [4.69, 9.17) is 8.42 Å². The molecule has 0 unspecified atom stereocenters. The van der Waals surface area contributed by atoms with Gasteiger partial charge in [0.25, 0.3) is 0 Å². The molecule has 0 aliphatic rings. The molecule has 2 rings (SSSR count). The van der Waals surface area contributed by atoms with Crippen molar-refractivity contribution in [3.63, 3.8) is 0 Å². The second-order valence-electron chi connectivity index (χ2n) is 10.6. The van der Waals surface area contributed by atoms with Crippen LogP contribution in [0.5, 0.6) is 0 Å². The quantitative estimate of drug-likeness (QED) is 0.174. The fraction of sp³-hybridized carbons (Fsp3) is 0.538. The Hall–Kier alpha value is -0.718.